The number of nitrogens with one attached hydrogen (secondary N) is 1. The zero-order chi connectivity index (χ0) is 21.4. The van der Waals surface area contributed by atoms with Crippen molar-refractivity contribution in [1.82, 2.24) is 14.8 Å². The molecular weight excluding hydrogens is 387 g/mol. The van der Waals surface area contributed by atoms with E-state index in [-0.39, 0.29) is 5.91 Å². The molecule has 158 valence electrons. The van der Waals surface area contributed by atoms with Crippen LogP contribution in [0, 0.1) is 0 Å². The van der Waals surface area contributed by atoms with Crippen LogP contribution in [0.15, 0.2) is 48.8 Å². The Morgan fingerprint density at radius 2 is 1.62 bits per heavy atom. The van der Waals surface area contributed by atoms with Gasteiger partial charge in [0.15, 0.2) is 0 Å². The third kappa shape index (κ3) is 7.26. The first kappa shape index (κ1) is 22.5. The van der Waals surface area contributed by atoms with Crippen molar-refractivity contribution in [3.8, 4) is 5.69 Å². The fourth-order valence-corrected chi connectivity index (χ4v) is 2.95. The van der Waals surface area contributed by atoms with Crippen LogP contribution in [0.3, 0.4) is 0 Å². The number of carboxylic acids is 1. The van der Waals surface area contributed by atoms with Crippen LogP contribution in [0.1, 0.15) is 25.3 Å². The number of carbonyl (C=O) groups is 2. The molecule has 2 aromatic rings. The van der Waals surface area contributed by atoms with E-state index in [1.807, 2.05) is 17.0 Å². The molecule has 0 atom stereocenters. The van der Waals surface area contributed by atoms with Crippen LogP contribution >= 0.6 is 0 Å². The number of alkyl halides is 3. The molecule has 1 aliphatic heterocycles. The number of halogens is 3. The predicted octanol–water partition coefficient (Wildman–Crippen LogP) is 3.21. The van der Waals surface area contributed by atoms with Crippen LogP contribution in [0.5, 0.6) is 0 Å². The summed E-state index contributed by atoms with van der Waals surface area (Å²) in [6.07, 6.45) is 1.11. The van der Waals surface area contributed by atoms with Gasteiger partial charge in [0, 0.05) is 50.7 Å². The normalized spacial score (nSPS) is 14.8. The maximum Gasteiger partial charge on any atom is 0.490 e. The summed E-state index contributed by atoms with van der Waals surface area (Å²) in [5, 5.41) is 10.7. The number of hydrogen-bond donors (Lipinski definition) is 2. The van der Waals surface area contributed by atoms with E-state index in [1.54, 1.807) is 6.92 Å². The second kappa shape index (κ2) is 10.1. The minimum atomic E-state index is -5.08. The van der Waals surface area contributed by atoms with Crippen molar-refractivity contribution in [2.45, 2.75) is 38.5 Å². The fourth-order valence-electron chi connectivity index (χ4n) is 2.95. The highest BCUT2D eigenvalue weighted by atomic mass is 19.4. The molecule has 0 aliphatic carbocycles. The lowest BCUT2D eigenvalue weighted by Crippen LogP contribution is -2.43. The molecule has 1 aliphatic rings. The number of benzene rings is 1. The monoisotopic (exact) mass is 411 g/mol. The zero-order valence-corrected chi connectivity index (χ0v) is 16.0. The highest BCUT2D eigenvalue weighted by molar-refractivity contribution is 5.73. The maximum absolute atomic E-state index is 11.3. The highest BCUT2D eigenvalue weighted by Gasteiger charge is 2.38. The summed E-state index contributed by atoms with van der Waals surface area (Å²) in [4.78, 5) is 22.1. The average molecular weight is 411 g/mol. The van der Waals surface area contributed by atoms with Gasteiger partial charge in [-0.25, -0.2) is 4.79 Å². The summed E-state index contributed by atoms with van der Waals surface area (Å²) in [7, 11) is 0. The lowest BCUT2D eigenvalue weighted by atomic mass is 10.0. The number of aromatic nitrogens is 1. The summed E-state index contributed by atoms with van der Waals surface area (Å²) in [5.74, 6) is -2.56. The maximum atomic E-state index is 11.3. The molecule has 9 heteroatoms. The van der Waals surface area contributed by atoms with E-state index in [1.165, 1.54) is 11.3 Å². The predicted molar refractivity (Wildman–Crippen MR) is 102 cm³/mol. The van der Waals surface area contributed by atoms with Gasteiger partial charge in [0.1, 0.15) is 0 Å². The highest BCUT2D eigenvalue weighted by Crippen LogP contribution is 2.14. The Labute approximate surface area is 166 Å². The SMILES string of the molecule is CC(=O)N1CCC(NCc2ccc(-n3cccc3)cc2)CC1.O=C(O)C(F)(F)F. The van der Waals surface area contributed by atoms with E-state index in [2.05, 4.69) is 46.5 Å². The Bertz CT molecular complexity index is 782. The fraction of sp³-hybridized carbons (Fsp3) is 0.400. The van der Waals surface area contributed by atoms with E-state index >= 15 is 0 Å². The van der Waals surface area contributed by atoms with Crippen molar-refractivity contribution >= 4 is 11.9 Å². The molecule has 2 N–H and O–H groups in total. The third-order valence-electron chi connectivity index (χ3n) is 4.62. The molecule has 6 nitrogen and oxygen atoms in total. The summed E-state index contributed by atoms with van der Waals surface area (Å²) in [6.45, 7) is 4.29. The van der Waals surface area contributed by atoms with Crippen LogP contribution in [-0.4, -0.2) is 51.8 Å². The Balaban J connectivity index is 0.000000370. The largest absolute Gasteiger partial charge is 0.490 e. The number of likely N-dealkylation sites (tertiary alicyclic amines) is 1. The molecular formula is C20H24F3N3O3. The van der Waals surface area contributed by atoms with Gasteiger partial charge < -0.3 is 19.9 Å². The second-order valence-corrected chi connectivity index (χ2v) is 6.72. The van der Waals surface area contributed by atoms with E-state index in [4.69, 9.17) is 9.90 Å². The van der Waals surface area contributed by atoms with Crippen LogP contribution in [-0.2, 0) is 16.1 Å². The van der Waals surface area contributed by atoms with Crippen molar-refractivity contribution in [3.05, 3.63) is 54.4 Å². The molecule has 1 saturated heterocycles. The number of hydrogen-bond acceptors (Lipinski definition) is 3. The van der Waals surface area contributed by atoms with Gasteiger partial charge in [-0.2, -0.15) is 13.2 Å². The third-order valence-corrected chi connectivity index (χ3v) is 4.62. The zero-order valence-electron chi connectivity index (χ0n) is 16.0. The number of nitrogens with zero attached hydrogens (tertiary/aromatic N) is 2. The van der Waals surface area contributed by atoms with E-state index in [9.17, 15) is 18.0 Å². The number of carbonyl (C=O) groups excluding carboxylic acids is 1. The molecule has 29 heavy (non-hydrogen) atoms. The minimum Gasteiger partial charge on any atom is -0.475 e. The molecule has 1 amide bonds. The van der Waals surface area contributed by atoms with E-state index < -0.39 is 12.1 Å². The van der Waals surface area contributed by atoms with Gasteiger partial charge in [-0.1, -0.05) is 12.1 Å². The summed E-state index contributed by atoms with van der Waals surface area (Å²) >= 11 is 0. The van der Waals surface area contributed by atoms with Crippen LogP contribution in [0.25, 0.3) is 5.69 Å². The number of rotatable bonds is 4. The number of piperidine rings is 1. The number of amides is 1. The number of aliphatic carboxylic acids is 1. The van der Waals surface area contributed by atoms with E-state index in [0.29, 0.717) is 6.04 Å². The Kier molecular flexibility index (Phi) is 7.83. The van der Waals surface area contributed by atoms with Gasteiger partial charge in [0.05, 0.1) is 0 Å². The number of carboxylic acid groups (broad SMARTS) is 1. The van der Waals surface area contributed by atoms with E-state index in [0.717, 1.165) is 32.5 Å². The van der Waals surface area contributed by atoms with Crippen molar-refractivity contribution in [2.75, 3.05) is 13.1 Å². The van der Waals surface area contributed by atoms with Crippen molar-refractivity contribution in [2.24, 2.45) is 0 Å². The van der Waals surface area contributed by atoms with Crippen LogP contribution < -0.4 is 5.32 Å². The van der Waals surface area contributed by atoms with Gasteiger partial charge >= 0.3 is 12.1 Å². The average Bonchev–Trinajstić information content (AvgIpc) is 3.21. The summed E-state index contributed by atoms with van der Waals surface area (Å²) in [6, 6.07) is 13.2. The molecule has 2 heterocycles. The molecule has 1 fully saturated rings. The lowest BCUT2D eigenvalue weighted by molar-refractivity contribution is -0.192. The molecule has 0 saturated carbocycles. The van der Waals surface area contributed by atoms with Gasteiger partial charge in [-0.05, 0) is 42.7 Å². The van der Waals surface area contributed by atoms with Gasteiger partial charge in [-0.15, -0.1) is 0 Å². The topological polar surface area (TPSA) is 74.6 Å². The van der Waals surface area contributed by atoms with Gasteiger partial charge in [0.2, 0.25) is 5.91 Å². The van der Waals surface area contributed by atoms with Crippen molar-refractivity contribution in [3.63, 3.8) is 0 Å². The second-order valence-electron chi connectivity index (χ2n) is 6.72. The lowest BCUT2D eigenvalue weighted by Gasteiger charge is -2.31. The molecule has 0 bridgehead atoms. The molecule has 1 aromatic heterocycles. The van der Waals surface area contributed by atoms with Crippen molar-refractivity contribution < 1.29 is 27.9 Å². The Hall–Kier alpha value is -2.81. The minimum absolute atomic E-state index is 0.194. The molecule has 0 radical (unpaired) electrons. The Morgan fingerprint density at radius 3 is 2.07 bits per heavy atom. The molecule has 3 rings (SSSR count). The summed E-state index contributed by atoms with van der Waals surface area (Å²) < 4.78 is 33.8. The smallest absolute Gasteiger partial charge is 0.475 e. The van der Waals surface area contributed by atoms with Crippen LogP contribution in [0.2, 0.25) is 0 Å². The van der Waals surface area contributed by atoms with Gasteiger partial charge in [-0.3, -0.25) is 4.79 Å². The molecule has 1 aromatic carbocycles. The first-order valence-corrected chi connectivity index (χ1v) is 9.18. The van der Waals surface area contributed by atoms with Crippen molar-refractivity contribution in [1.29, 1.82) is 0 Å². The van der Waals surface area contributed by atoms with Gasteiger partial charge in [0.25, 0.3) is 0 Å². The Morgan fingerprint density at radius 1 is 1.10 bits per heavy atom. The molecule has 0 spiro atoms. The standard InChI is InChI=1S/C18H23N3O.C2HF3O2/c1-15(22)20-12-8-17(9-13-20)19-14-16-4-6-18(7-5-16)21-10-2-3-11-21;3-2(4,5)1(6)7/h2-7,10-11,17,19H,8-9,12-14H2,1H3;(H,6,7). The van der Waals surface area contributed by atoms with Crippen LogP contribution in [0.4, 0.5) is 13.2 Å². The molecule has 0 unspecified atom stereocenters. The first-order chi connectivity index (χ1) is 13.7. The first-order valence-electron chi connectivity index (χ1n) is 9.18. The quantitative estimate of drug-likeness (QED) is 0.810. The summed E-state index contributed by atoms with van der Waals surface area (Å²) in [5.41, 5.74) is 2.48.